The largest absolute Gasteiger partial charge is 0.384 e. The van der Waals surface area contributed by atoms with Gasteiger partial charge in [-0.1, -0.05) is 25.1 Å². The van der Waals surface area contributed by atoms with E-state index in [9.17, 15) is 9.59 Å². The van der Waals surface area contributed by atoms with Crippen molar-refractivity contribution in [2.45, 2.75) is 13.3 Å². The third-order valence-corrected chi connectivity index (χ3v) is 5.10. The van der Waals surface area contributed by atoms with Crippen molar-refractivity contribution in [2.24, 2.45) is 18.2 Å². The Morgan fingerprint density at radius 2 is 2.03 bits per heavy atom. The number of hydrogen-bond acceptors (Lipinski definition) is 5. The van der Waals surface area contributed by atoms with Gasteiger partial charge < -0.3 is 16.4 Å². The number of nitrogens with zero attached hydrogens (tertiary/aromatic N) is 2. The first kappa shape index (κ1) is 21.8. The molecule has 0 aliphatic carbocycles. The standard InChI is InChI=1S/C23H26N6O2/c1-4-23(2,12-18(24)21(25)30)14-26-19-8-6-5-7-17(19)22(31)27-16-10-9-15-13-29(3)28-20(15)11-16/h4-11,13,24,26H,1,12,14H2,2-3H3,(H2,25,30)(H,27,31). The molecule has 1 atom stereocenters. The minimum absolute atomic E-state index is 0.150. The van der Waals surface area contributed by atoms with Crippen molar-refractivity contribution < 1.29 is 9.59 Å². The molecule has 2 amide bonds. The van der Waals surface area contributed by atoms with Crippen LogP contribution in [0, 0.1) is 10.8 Å². The number of carbonyl (C=O) groups is 2. The maximum absolute atomic E-state index is 12.9. The molecule has 0 aliphatic rings. The van der Waals surface area contributed by atoms with Crippen LogP contribution in [0.2, 0.25) is 0 Å². The molecule has 31 heavy (non-hydrogen) atoms. The van der Waals surface area contributed by atoms with Crippen molar-refractivity contribution in [3.05, 3.63) is 66.9 Å². The number of carbonyl (C=O) groups excluding carboxylic acids is 2. The first-order chi connectivity index (χ1) is 14.7. The summed E-state index contributed by atoms with van der Waals surface area (Å²) in [7, 11) is 1.85. The average molecular weight is 419 g/mol. The van der Waals surface area contributed by atoms with Crippen LogP contribution in [-0.4, -0.2) is 33.9 Å². The number of amides is 2. The number of fused-ring (bicyclic) bond motifs is 1. The van der Waals surface area contributed by atoms with Crippen LogP contribution in [0.5, 0.6) is 0 Å². The number of nitrogens with two attached hydrogens (primary N) is 1. The fourth-order valence-electron chi connectivity index (χ4n) is 3.25. The van der Waals surface area contributed by atoms with E-state index in [0.717, 1.165) is 10.9 Å². The van der Waals surface area contributed by atoms with Gasteiger partial charge in [-0.25, -0.2) is 0 Å². The molecule has 0 spiro atoms. The normalized spacial score (nSPS) is 12.7. The lowest BCUT2D eigenvalue weighted by molar-refractivity contribution is -0.112. The number of benzene rings is 2. The van der Waals surface area contributed by atoms with Crippen molar-refractivity contribution >= 4 is 39.8 Å². The SMILES string of the molecule is C=CC(C)(CNc1ccccc1C(=O)Nc1ccc2cn(C)nc2c1)CC(=N)C(N)=O. The smallest absolute Gasteiger partial charge is 0.262 e. The van der Waals surface area contributed by atoms with E-state index in [2.05, 4.69) is 22.3 Å². The Morgan fingerprint density at radius 3 is 2.74 bits per heavy atom. The molecular formula is C23H26N6O2. The molecule has 8 heteroatoms. The first-order valence-electron chi connectivity index (χ1n) is 9.79. The lowest BCUT2D eigenvalue weighted by Crippen LogP contribution is -2.33. The summed E-state index contributed by atoms with van der Waals surface area (Å²) in [6.07, 6.45) is 3.74. The summed E-state index contributed by atoms with van der Waals surface area (Å²) < 4.78 is 1.73. The van der Waals surface area contributed by atoms with Crippen molar-refractivity contribution in [3.8, 4) is 0 Å². The molecule has 0 aliphatic heterocycles. The topological polar surface area (TPSA) is 126 Å². The van der Waals surface area contributed by atoms with Crippen molar-refractivity contribution in [1.29, 1.82) is 5.41 Å². The average Bonchev–Trinajstić information content (AvgIpc) is 3.11. The number of aromatic nitrogens is 2. The van der Waals surface area contributed by atoms with Gasteiger partial charge in [0.05, 0.1) is 16.8 Å². The van der Waals surface area contributed by atoms with E-state index in [1.54, 1.807) is 29.0 Å². The summed E-state index contributed by atoms with van der Waals surface area (Å²) in [5.41, 5.74) is 7.01. The van der Waals surface area contributed by atoms with E-state index >= 15 is 0 Å². The molecule has 1 unspecified atom stereocenters. The molecule has 0 radical (unpaired) electrons. The van der Waals surface area contributed by atoms with E-state index < -0.39 is 11.3 Å². The number of primary amides is 1. The highest BCUT2D eigenvalue weighted by Gasteiger charge is 2.25. The molecule has 5 N–H and O–H groups in total. The summed E-state index contributed by atoms with van der Waals surface area (Å²) in [5.74, 6) is -1.01. The summed E-state index contributed by atoms with van der Waals surface area (Å²) in [6, 6.07) is 12.7. The van der Waals surface area contributed by atoms with Gasteiger partial charge in [-0.2, -0.15) is 5.10 Å². The van der Waals surface area contributed by atoms with Gasteiger partial charge in [0.15, 0.2) is 0 Å². The second kappa shape index (κ2) is 8.83. The third-order valence-electron chi connectivity index (χ3n) is 5.10. The quantitative estimate of drug-likeness (QED) is 0.314. The molecular weight excluding hydrogens is 392 g/mol. The summed E-state index contributed by atoms with van der Waals surface area (Å²) in [6.45, 7) is 6.06. The van der Waals surface area contributed by atoms with Crippen LogP contribution in [0.4, 0.5) is 11.4 Å². The monoisotopic (exact) mass is 418 g/mol. The third kappa shape index (κ3) is 5.16. The van der Waals surface area contributed by atoms with Crippen LogP contribution in [0.3, 0.4) is 0 Å². The zero-order chi connectivity index (χ0) is 22.6. The maximum atomic E-state index is 12.9. The number of para-hydroxylation sites is 1. The van der Waals surface area contributed by atoms with Crippen LogP contribution >= 0.6 is 0 Å². The zero-order valence-corrected chi connectivity index (χ0v) is 17.6. The Balaban J connectivity index is 1.75. The Labute approximate surface area is 180 Å². The minimum Gasteiger partial charge on any atom is -0.384 e. The number of nitrogens with one attached hydrogen (secondary N) is 3. The Hall–Kier alpha value is -3.94. The fraction of sp³-hybridized carbons (Fsp3) is 0.217. The Bertz CT molecular complexity index is 1170. The Morgan fingerprint density at radius 1 is 1.29 bits per heavy atom. The van der Waals surface area contributed by atoms with Gasteiger partial charge in [-0.3, -0.25) is 19.7 Å². The lowest BCUT2D eigenvalue weighted by atomic mass is 9.84. The van der Waals surface area contributed by atoms with E-state index in [0.29, 0.717) is 23.5 Å². The van der Waals surface area contributed by atoms with Crippen molar-refractivity contribution in [2.75, 3.05) is 17.2 Å². The van der Waals surface area contributed by atoms with E-state index in [-0.39, 0.29) is 18.0 Å². The molecule has 8 nitrogen and oxygen atoms in total. The second-order valence-corrected chi connectivity index (χ2v) is 7.81. The van der Waals surface area contributed by atoms with Gasteiger partial charge in [0.2, 0.25) is 0 Å². The van der Waals surface area contributed by atoms with Crippen LogP contribution in [0.25, 0.3) is 10.9 Å². The van der Waals surface area contributed by atoms with Crippen LogP contribution in [0.15, 0.2) is 61.3 Å². The van der Waals surface area contributed by atoms with Gasteiger partial charge >= 0.3 is 0 Å². The predicted octanol–water partition coefficient (Wildman–Crippen LogP) is 3.32. The molecule has 0 fully saturated rings. The molecule has 0 bridgehead atoms. The molecule has 160 valence electrons. The van der Waals surface area contributed by atoms with E-state index in [1.165, 1.54) is 0 Å². The summed E-state index contributed by atoms with van der Waals surface area (Å²) >= 11 is 0. The summed E-state index contributed by atoms with van der Waals surface area (Å²) in [5, 5.41) is 19.3. The molecule has 1 aromatic heterocycles. The predicted molar refractivity (Wildman–Crippen MR) is 123 cm³/mol. The number of hydrogen-bond donors (Lipinski definition) is 4. The van der Waals surface area contributed by atoms with Crippen LogP contribution in [0.1, 0.15) is 23.7 Å². The molecule has 0 saturated carbocycles. The molecule has 3 rings (SSSR count). The van der Waals surface area contributed by atoms with Gasteiger partial charge in [-0.05, 0) is 30.3 Å². The molecule has 0 saturated heterocycles. The summed E-state index contributed by atoms with van der Waals surface area (Å²) in [4.78, 5) is 24.2. The highest BCUT2D eigenvalue weighted by atomic mass is 16.2. The molecule has 2 aromatic carbocycles. The first-order valence-corrected chi connectivity index (χ1v) is 9.79. The van der Waals surface area contributed by atoms with Crippen molar-refractivity contribution in [3.63, 3.8) is 0 Å². The number of rotatable bonds is 9. The minimum atomic E-state index is -0.752. The van der Waals surface area contributed by atoms with Gasteiger partial charge in [0.1, 0.15) is 0 Å². The second-order valence-electron chi connectivity index (χ2n) is 7.81. The van der Waals surface area contributed by atoms with Crippen LogP contribution < -0.4 is 16.4 Å². The van der Waals surface area contributed by atoms with Gasteiger partial charge in [0, 0.05) is 48.4 Å². The molecule has 3 aromatic rings. The molecule has 1 heterocycles. The van der Waals surface area contributed by atoms with Gasteiger partial charge in [0.25, 0.3) is 11.8 Å². The van der Waals surface area contributed by atoms with E-state index in [4.69, 9.17) is 11.1 Å². The van der Waals surface area contributed by atoms with Crippen LogP contribution in [-0.2, 0) is 11.8 Å². The van der Waals surface area contributed by atoms with Crippen molar-refractivity contribution in [1.82, 2.24) is 9.78 Å². The maximum Gasteiger partial charge on any atom is 0.262 e. The highest BCUT2D eigenvalue weighted by molar-refractivity contribution is 6.37. The fourth-order valence-corrected chi connectivity index (χ4v) is 3.25. The van der Waals surface area contributed by atoms with E-state index in [1.807, 2.05) is 44.4 Å². The number of anilines is 2. The highest BCUT2D eigenvalue weighted by Crippen LogP contribution is 2.26. The lowest BCUT2D eigenvalue weighted by Gasteiger charge is -2.27. The number of aryl methyl sites for hydroxylation is 1. The Kier molecular flexibility index (Phi) is 6.20. The zero-order valence-electron chi connectivity index (χ0n) is 17.6. The van der Waals surface area contributed by atoms with Gasteiger partial charge in [-0.15, -0.1) is 6.58 Å².